The van der Waals surface area contributed by atoms with Gasteiger partial charge in [-0.15, -0.1) is 0 Å². The number of nitrogens with zero attached hydrogens (tertiary/aromatic N) is 5. The Morgan fingerprint density at radius 2 is 1.04 bits per heavy atom. The van der Waals surface area contributed by atoms with Crippen LogP contribution in [0.4, 0.5) is 11.4 Å². The number of anilines is 2. The van der Waals surface area contributed by atoms with Crippen LogP contribution >= 0.6 is 69.6 Å². The molecule has 1 N–H and O–H groups in total. The van der Waals surface area contributed by atoms with Gasteiger partial charge >= 0.3 is 5.97 Å². The van der Waals surface area contributed by atoms with Crippen molar-refractivity contribution in [2.24, 2.45) is 0 Å². The number of benzene rings is 4. The van der Waals surface area contributed by atoms with Crippen molar-refractivity contribution in [3.63, 3.8) is 0 Å². The maximum absolute atomic E-state index is 13.0. The molecule has 0 radical (unpaired) electrons. The quantitative estimate of drug-likeness (QED) is 0.0263. The fourth-order valence-corrected chi connectivity index (χ4v) is 7.36. The van der Waals surface area contributed by atoms with E-state index >= 15 is 0 Å². The smallest absolute Gasteiger partial charge is 0.338 e. The fourth-order valence-electron chi connectivity index (χ4n) is 6.86. The molecule has 5 rings (SSSR count). The van der Waals surface area contributed by atoms with E-state index in [4.69, 9.17) is 83.8 Å². The minimum absolute atomic E-state index is 0.0890. The van der Waals surface area contributed by atoms with Crippen molar-refractivity contribution in [3.05, 3.63) is 124 Å². The van der Waals surface area contributed by atoms with Crippen molar-refractivity contribution >= 4 is 111 Å². The van der Waals surface area contributed by atoms with Crippen LogP contribution in [0.5, 0.6) is 11.5 Å². The molecule has 1 heterocycles. The van der Waals surface area contributed by atoms with Gasteiger partial charge in [0.2, 0.25) is 7.59 Å². The molecule has 0 spiro atoms. The molecule has 10 nitrogen and oxygen atoms in total. The monoisotopic (exact) mass is 1040 g/mol. The molecule has 5 aromatic rings. The Balaban J connectivity index is 1.26. The average Bonchev–Trinajstić information content (AvgIpc) is 3.32. The lowest BCUT2D eigenvalue weighted by molar-refractivity contribution is 0.0516. The largest absolute Gasteiger partial charge is 0.493 e. The third kappa shape index (κ3) is 17.3. The number of aromatic nitrogens is 3. The van der Waals surface area contributed by atoms with Crippen molar-refractivity contribution < 1.29 is 24.1 Å². The Kier molecular flexibility index (Phi) is 21.9. The summed E-state index contributed by atoms with van der Waals surface area (Å²) in [5, 5.41) is 9.36. The first kappa shape index (κ1) is 54.7. The molecule has 364 valence electrons. The summed E-state index contributed by atoms with van der Waals surface area (Å²) in [4.78, 5) is 29.4. The first-order valence-corrected chi connectivity index (χ1v) is 25.1. The molecule has 4 aromatic carbocycles. The molecule has 0 aliphatic rings. The highest BCUT2D eigenvalue weighted by Gasteiger charge is 2.34. The average molecular weight is 1050 g/mol. The van der Waals surface area contributed by atoms with E-state index in [1.54, 1.807) is 24.3 Å². The van der Waals surface area contributed by atoms with E-state index in [9.17, 15) is 9.90 Å². The van der Waals surface area contributed by atoms with E-state index in [1.165, 1.54) is 12.8 Å². The number of ether oxygens (including phenoxy) is 3. The molecular weight excluding hydrogens is 987 g/mol. The Labute approximate surface area is 431 Å². The molecular formula is C52H59Cl6N5O5. The SMILES string of the molecule is CCCCCCOc1cc(/C=C/c2ccc(N(C)CCOC(=O)c3ccc(-c4nc(C(Cl)(Cl)Cl)nc(C(Cl)(Cl)Cl)n4)cc3)cc2)c(OCCCCCC)cc1/C=C/c1ccc(N(C)CCO)cc1. The first-order chi connectivity index (χ1) is 32.6. The van der Waals surface area contributed by atoms with Crippen LogP contribution in [0.3, 0.4) is 0 Å². The van der Waals surface area contributed by atoms with Crippen LogP contribution in [0.1, 0.15) is 109 Å². The summed E-state index contributed by atoms with van der Waals surface area (Å²) in [5.41, 5.74) is 6.74. The second-order valence-electron chi connectivity index (χ2n) is 16.2. The van der Waals surface area contributed by atoms with Gasteiger partial charge in [0.05, 0.1) is 31.9 Å². The van der Waals surface area contributed by atoms with Crippen molar-refractivity contribution in [3.8, 4) is 22.9 Å². The van der Waals surface area contributed by atoms with Gasteiger partial charge in [0.1, 0.15) is 18.1 Å². The maximum Gasteiger partial charge on any atom is 0.338 e. The number of hydrogen-bond donors (Lipinski definition) is 1. The topological polar surface area (TPSA) is 110 Å². The molecule has 0 atom stereocenters. The van der Waals surface area contributed by atoms with Gasteiger partial charge in [0.25, 0.3) is 0 Å². The number of halogens is 6. The third-order valence-corrected chi connectivity index (χ3v) is 11.9. The number of carbonyl (C=O) groups excluding carboxylic acids is 1. The molecule has 0 saturated heterocycles. The highest BCUT2D eigenvalue weighted by Crippen LogP contribution is 2.41. The number of aliphatic hydroxyl groups excluding tert-OH is 1. The van der Waals surface area contributed by atoms with Gasteiger partial charge in [-0.3, -0.25) is 0 Å². The van der Waals surface area contributed by atoms with Crippen molar-refractivity contribution in [1.82, 2.24) is 15.0 Å². The number of aliphatic hydroxyl groups is 1. The van der Waals surface area contributed by atoms with Crippen molar-refractivity contribution in [1.29, 1.82) is 0 Å². The number of rotatable bonds is 25. The zero-order chi connectivity index (χ0) is 49.1. The molecule has 0 amide bonds. The molecule has 68 heavy (non-hydrogen) atoms. The lowest BCUT2D eigenvalue weighted by Crippen LogP contribution is -2.23. The van der Waals surface area contributed by atoms with Crippen LogP contribution in [0.2, 0.25) is 0 Å². The van der Waals surface area contributed by atoms with Crippen LogP contribution in [-0.4, -0.2) is 79.6 Å². The normalized spacial score (nSPS) is 11.9. The summed E-state index contributed by atoms with van der Waals surface area (Å²) in [5.74, 6) is 0.748. The van der Waals surface area contributed by atoms with Gasteiger partial charge in [-0.2, -0.15) is 0 Å². The van der Waals surface area contributed by atoms with Gasteiger partial charge in [-0.25, -0.2) is 19.7 Å². The van der Waals surface area contributed by atoms with E-state index in [0.717, 1.165) is 83.7 Å². The molecule has 0 aliphatic carbocycles. The zero-order valence-corrected chi connectivity index (χ0v) is 43.4. The summed E-state index contributed by atoms with van der Waals surface area (Å²) in [6.07, 6.45) is 17.2. The predicted molar refractivity (Wildman–Crippen MR) is 284 cm³/mol. The Morgan fingerprint density at radius 1 is 0.588 bits per heavy atom. The highest BCUT2D eigenvalue weighted by atomic mass is 35.6. The fraction of sp³-hybridized carbons (Fsp3) is 0.385. The van der Waals surface area contributed by atoms with Gasteiger partial charge in [0, 0.05) is 48.7 Å². The van der Waals surface area contributed by atoms with E-state index in [0.29, 0.717) is 37.4 Å². The Hall–Kier alpha value is -4.26. The Morgan fingerprint density at radius 3 is 1.47 bits per heavy atom. The minimum atomic E-state index is -2.00. The molecule has 16 heteroatoms. The zero-order valence-electron chi connectivity index (χ0n) is 38.9. The van der Waals surface area contributed by atoms with Crippen LogP contribution in [0.25, 0.3) is 35.7 Å². The predicted octanol–water partition coefficient (Wildman–Crippen LogP) is 14.2. The van der Waals surface area contributed by atoms with Crippen LogP contribution in [0.15, 0.2) is 84.9 Å². The minimum Gasteiger partial charge on any atom is -0.493 e. The third-order valence-electron chi connectivity index (χ3n) is 10.8. The highest BCUT2D eigenvalue weighted by molar-refractivity contribution is 6.67. The first-order valence-electron chi connectivity index (χ1n) is 22.8. The summed E-state index contributed by atoms with van der Waals surface area (Å²) < 4.78 is 14.6. The van der Waals surface area contributed by atoms with Gasteiger partial charge in [-0.05, 0) is 72.5 Å². The van der Waals surface area contributed by atoms with Crippen LogP contribution < -0.4 is 19.3 Å². The second-order valence-corrected chi connectivity index (χ2v) is 20.7. The maximum atomic E-state index is 13.0. The lowest BCUT2D eigenvalue weighted by Gasteiger charge is -2.19. The summed E-state index contributed by atoms with van der Waals surface area (Å²) >= 11 is 36.1. The molecule has 0 unspecified atom stereocenters. The second kappa shape index (κ2) is 27.2. The van der Waals surface area contributed by atoms with Crippen molar-refractivity contribution in [2.75, 3.05) is 63.4 Å². The molecule has 0 fully saturated rings. The number of unbranched alkanes of at least 4 members (excludes halogenated alkanes) is 6. The number of likely N-dealkylation sites (N-methyl/N-ethyl adjacent to an activating group) is 2. The van der Waals surface area contributed by atoms with Crippen molar-refractivity contribution in [2.45, 2.75) is 72.8 Å². The van der Waals surface area contributed by atoms with Crippen LogP contribution in [0, 0.1) is 0 Å². The molecule has 1 aromatic heterocycles. The van der Waals surface area contributed by atoms with Gasteiger partial charge in [0.15, 0.2) is 17.5 Å². The number of alkyl halides is 6. The van der Waals surface area contributed by atoms with Gasteiger partial charge < -0.3 is 29.1 Å². The molecule has 0 bridgehead atoms. The van der Waals surface area contributed by atoms with Gasteiger partial charge in [-0.1, -0.05) is 183 Å². The van der Waals surface area contributed by atoms with E-state index in [2.05, 4.69) is 102 Å². The Bertz CT molecular complexity index is 2370. The lowest BCUT2D eigenvalue weighted by atomic mass is 10.0. The molecule has 0 saturated carbocycles. The number of carbonyl (C=O) groups is 1. The summed E-state index contributed by atoms with van der Waals surface area (Å²) in [6, 6.07) is 27.0. The summed E-state index contributed by atoms with van der Waals surface area (Å²) in [7, 11) is 3.91. The summed E-state index contributed by atoms with van der Waals surface area (Å²) in [6.45, 7) is 6.94. The van der Waals surface area contributed by atoms with E-state index < -0.39 is 13.6 Å². The van der Waals surface area contributed by atoms with E-state index in [-0.39, 0.29) is 30.7 Å². The van der Waals surface area contributed by atoms with Crippen LogP contribution in [-0.2, 0) is 12.3 Å². The standard InChI is InChI=1S/C52H59Cl6N5O5/c1-5-7-9-11-32-66-45-36-42(46(67-33-12-10-8-6-2)35-41(45)19-13-37-15-25-43(26-16-37)62(3)29-31-64)20-14-38-17-27-44(28-18-38)63(4)30-34-68-48(65)40-23-21-39(22-24-40)47-59-49(51(53,54)55)61-50(60-47)52(56,57)58/h13-28,35-36,64H,5-12,29-34H2,1-4H3/b19-13+,20-14+. The number of hydrogen-bond acceptors (Lipinski definition) is 10. The van der Waals surface area contributed by atoms with E-state index in [1.807, 2.05) is 36.0 Å². The molecule has 0 aliphatic heterocycles. The number of esters is 1.